The molecule has 0 aliphatic rings. The van der Waals surface area contributed by atoms with Crippen LogP contribution in [0.1, 0.15) is 18.9 Å². The van der Waals surface area contributed by atoms with Crippen LogP contribution >= 0.6 is 0 Å². The Labute approximate surface area is 224 Å². The summed E-state index contributed by atoms with van der Waals surface area (Å²) in [6.45, 7) is 1.45. The van der Waals surface area contributed by atoms with Crippen molar-refractivity contribution < 1.29 is 27.5 Å². The molecule has 9 nitrogen and oxygen atoms in total. The molecule has 38 heavy (non-hydrogen) atoms. The largest absolute Gasteiger partial charge is 0.497 e. The highest BCUT2D eigenvalue weighted by atomic mass is 32.2. The Balaban J connectivity index is 1.87. The summed E-state index contributed by atoms with van der Waals surface area (Å²) < 4.78 is 37.5. The highest BCUT2D eigenvalue weighted by Gasteiger charge is 2.31. The molecule has 3 aromatic carbocycles. The van der Waals surface area contributed by atoms with Gasteiger partial charge in [-0.1, -0.05) is 37.3 Å². The third-order valence-corrected chi connectivity index (χ3v) is 7.07. The summed E-state index contributed by atoms with van der Waals surface area (Å²) in [4.78, 5) is 27.7. The van der Waals surface area contributed by atoms with Crippen molar-refractivity contribution >= 4 is 27.5 Å². The Hall–Kier alpha value is -4.05. The van der Waals surface area contributed by atoms with Crippen molar-refractivity contribution in [3.05, 3.63) is 84.4 Å². The second-order valence-electron chi connectivity index (χ2n) is 8.59. The first-order valence-corrected chi connectivity index (χ1v) is 14.0. The predicted octanol–water partition coefficient (Wildman–Crippen LogP) is 3.81. The minimum Gasteiger partial charge on any atom is -0.497 e. The quantitative estimate of drug-likeness (QED) is 0.375. The Morgan fingerprint density at radius 2 is 1.47 bits per heavy atom. The standard InChI is InChI=1S/C28H33N3O6S/c1-5-26(28(33)29-2)30(19-21-11-15-23(36-3)16-12-21)27(32)20-31(38(4,34)35)22-13-17-25(18-14-22)37-24-9-7-6-8-10-24/h6-18,26H,5,19-20H2,1-4H3,(H,29,33)/t26-/m1/s1. The maximum absolute atomic E-state index is 13.6. The van der Waals surface area contributed by atoms with Gasteiger partial charge in [0.15, 0.2) is 0 Å². The van der Waals surface area contributed by atoms with E-state index in [-0.39, 0.29) is 12.5 Å². The normalized spacial score (nSPS) is 11.8. The molecule has 0 saturated carbocycles. The molecule has 0 saturated heterocycles. The number of ether oxygens (including phenoxy) is 2. The van der Waals surface area contributed by atoms with Crippen molar-refractivity contribution in [1.29, 1.82) is 0 Å². The molecule has 0 aromatic heterocycles. The first-order valence-electron chi connectivity index (χ1n) is 12.1. The van der Waals surface area contributed by atoms with Crippen LogP contribution in [0.4, 0.5) is 5.69 Å². The summed E-state index contributed by atoms with van der Waals surface area (Å²) in [5.41, 5.74) is 1.08. The van der Waals surface area contributed by atoms with Crippen molar-refractivity contribution in [3.8, 4) is 17.2 Å². The number of nitrogens with one attached hydrogen (secondary N) is 1. The molecular formula is C28H33N3O6S. The van der Waals surface area contributed by atoms with Gasteiger partial charge in [-0.05, 0) is 60.5 Å². The van der Waals surface area contributed by atoms with E-state index in [0.717, 1.165) is 16.1 Å². The average molecular weight is 540 g/mol. The molecule has 1 atom stereocenters. The van der Waals surface area contributed by atoms with Gasteiger partial charge in [0, 0.05) is 13.6 Å². The molecular weight excluding hydrogens is 506 g/mol. The molecule has 2 amide bonds. The van der Waals surface area contributed by atoms with Crippen LogP contribution in [-0.2, 0) is 26.2 Å². The maximum Gasteiger partial charge on any atom is 0.244 e. The fraction of sp³-hybridized carbons (Fsp3) is 0.286. The molecule has 0 radical (unpaired) electrons. The molecule has 3 aromatic rings. The minimum atomic E-state index is -3.83. The lowest BCUT2D eigenvalue weighted by molar-refractivity contribution is -0.140. The van der Waals surface area contributed by atoms with Crippen LogP contribution < -0.4 is 19.1 Å². The number of para-hydroxylation sites is 1. The molecule has 0 fully saturated rings. The van der Waals surface area contributed by atoms with E-state index in [1.807, 2.05) is 30.3 Å². The zero-order valence-corrected chi connectivity index (χ0v) is 22.8. The minimum absolute atomic E-state index is 0.121. The van der Waals surface area contributed by atoms with Crippen LogP contribution in [0.3, 0.4) is 0 Å². The van der Waals surface area contributed by atoms with Crippen molar-refractivity contribution in [2.45, 2.75) is 25.9 Å². The number of sulfonamides is 1. The Bertz CT molecular complexity index is 1310. The lowest BCUT2D eigenvalue weighted by Gasteiger charge is -2.32. The molecule has 10 heteroatoms. The smallest absolute Gasteiger partial charge is 0.244 e. The Kier molecular flexibility index (Phi) is 9.72. The molecule has 1 N–H and O–H groups in total. The van der Waals surface area contributed by atoms with E-state index >= 15 is 0 Å². The fourth-order valence-corrected chi connectivity index (χ4v) is 4.78. The maximum atomic E-state index is 13.6. The number of amides is 2. The van der Waals surface area contributed by atoms with Gasteiger partial charge >= 0.3 is 0 Å². The van der Waals surface area contributed by atoms with Crippen molar-refractivity contribution in [3.63, 3.8) is 0 Å². The number of carbonyl (C=O) groups excluding carboxylic acids is 2. The summed E-state index contributed by atoms with van der Waals surface area (Å²) >= 11 is 0. The van der Waals surface area contributed by atoms with E-state index in [1.165, 1.54) is 11.9 Å². The van der Waals surface area contributed by atoms with Gasteiger partial charge in [-0.15, -0.1) is 0 Å². The molecule has 0 unspecified atom stereocenters. The summed E-state index contributed by atoms with van der Waals surface area (Å²) in [6, 6.07) is 22.0. The molecule has 0 aliphatic carbocycles. The molecule has 3 rings (SSSR count). The second-order valence-corrected chi connectivity index (χ2v) is 10.5. The summed E-state index contributed by atoms with van der Waals surface area (Å²) in [5, 5.41) is 2.60. The van der Waals surface area contributed by atoms with E-state index < -0.39 is 28.5 Å². The molecule has 0 spiro atoms. The molecule has 0 bridgehead atoms. The van der Waals surface area contributed by atoms with Crippen molar-refractivity contribution in [1.82, 2.24) is 10.2 Å². The van der Waals surface area contributed by atoms with Crippen LogP contribution in [0.2, 0.25) is 0 Å². The van der Waals surface area contributed by atoms with Gasteiger partial charge in [0.25, 0.3) is 0 Å². The van der Waals surface area contributed by atoms with E-state index in [2.05, 4.69) is 5.32 Å². The molecule has 0 heterocycles. The number of methoxy groups -OCH3 is 1. The zero-order chi connectivity index (χ0) is 27.7. The predicted molar refractivity (Wildman–Crippen MR) is 147 cm³/mol. The lowest BCUT2D eigenvalue weighted by Crippen LogP contribution is -2.51. The summed E-state index contributed by atoms with van der Waals surface area (Å²) in [5.74, 6) is 0.984. The third kappa shape index (κ3) is 7.48. The zero-order valence-electron chi connectivity index (χ0n) is 22.0. The fourth-order valence-electron chi connectivity index (χ4n) is 3.93. The van der Waals surface area contributed by atoms with E-state index in [4.69, 9.17) is 9.47 Å². The lowest BCUT2D eigenvalue weighted by atomic mass is 10.1. The van der Waals surface area contributed by atoms with Gasteiger partial charge in [0.05, 0.1) is 19.1 Å². The van der Waals surface area contributed by atoms with Crippen molar-refractivity contribution in [2.75, 3.05) is 31.3 Å². The monoisotopic (exact) mass is 539 g/mol. The van der Waals surface area contributed by atoms with E-state index in [1.54, 1.807) is 62.6 Å². The van der Waals surface area contributed by atoms with Crippen LogP contribution in [0.5, 0.6) is 17.2 Å². The number of hydrogen-bond acceptors (Lipinski definition) is 6. The number of benzene rings is 3. The highest BCUT2D eigenvalue weighted by Crippen LogP contribution is 2.26. The van der Waals surface area contributed by atoms with Crippen molar-refractivity contribution in [2.24, 2.45) is 0 Å². The first kappa shape index (κ1) is 28.5. The summed E-state index contributed by atoms with van der Waals surface area (Å²) in [7, 11) is -0.768. The van der Waals surface area contributed by atoms with E-state index in [0.29, 0.717) is 29.4 Å². The number of hydrogen-bond donors (Lipinski definition) is 1. The number of anilines is 1. The third-order valence-electron chi connectivity index (χ3n) is 5.93. The van der Waals surface area contributed by atoms with Gasteiger partial charge in [-0.2, -0.15) is 0 Å². The molecule has 0 aliphatic heterocycles. The highest BCUT2D eigenvalue weighted by molar-refractivity contribution is 7.92. The average Bonchev–Trinajstić information content (AvgIpc) is 2.92. The number of likely N-dealkylation sites (N-methyl/N-ethyl adjacent to an activating group) is 1. The van der Waals surface area contributed by atoms with Gasteiger partial charge in [-0.3, -0.25) is 13.9 Å². The van der Waals surface area contributed by atoms with Gasteiger partial charge in [0.1, 0.15) is 29.8 Å². The van der Waals surface area contributed by atoms with Crippen LogP contribution in [0.15, 0.2) is 78.9 Å². The topological polar surface area (TPSA) is 105 Å². The number of rotatable bonds is 12. The van der Waals surface area contributed by atoms with Crippen LogP contribution in [-0.4, -0.2) is 58.1 Å². The Morgan fingerprint density at radius 3 is 2.00 bits per heavy atom. The van der Waals surface area contributed by atoms with Crippen LogP contribution in [0.25, 0.3) is 0 Å². The SMILES string of the molecule is CC[C@H](C(=O)NC)N(Cc1ccc(OC)cc1)C(=O)CN(c1ccc(Oc2ccccc2)cc1)S(C)(=O)=O. The number of nitrogens with zero attached hydrogens (tertiary/aromatic N) is 2. The number of carbonyl (C=O) groups is 2. The van der Waals surface area contributed by atoms with E-state index in [9.17, 15) is 18.0 Å². The van der Waals surface area contributed by atoms with Gasteiger partial charge in [-0.25, -0.2) is 8.42 Å². The van der Waals surface area contributed by atoms with Gasteiger partial charge < -0.3 is 19.7 Å². The second kappa shape index (κ2) is 13.0. The Morgan fingerprint density at radius 1 is 0.895 bits per heavy atom. The van der Waals surface area contributed by atoms with Crippen LogP contribution in [0, 0.1) is 0 Å². The first-order chi connectivity index (χ1) is 18.2. The van der Waals surface area contributed by atoms with Gasteiger partial charge in [0.2, 0.25) is 21.8 Å². The molecule has 202 valence electrons. The summed E-state index contributed by atoms with van der Waals surface area (Å²) in [6.07, 6.45) is 1.39.